The molecule has 1 unspecified atom stereocenters. The lowest BCUT2D eigenvalue weighted by atomic mass is 10.0. The Balaban J connectivity index is 1.87. The number of pyridine rings is 1. The van der Waals surface area contributed by atoms with Crippen molar-refractivity contribution >= 4 is 22.7 Å². The van der Waals surface area contributed by atoms with Gasteiger partial charge in [0, 0.05) is 29.9 Å². The predicted octanol–water partition coefficient (Wildman–Crippen LogP) is 0.822. The number of nitrogens with zero attached hydrogens (tertiary/aromatic N) is 3. The van der Waals surface area contributed by atoms with E-state index in [0.717, 1.165) is 11.3 Å². The van der Waals surface area contributed by atoms with Crippen LogP contribution in [0, 0.1) is 6.92 Å². The fraction of sp³-hybridized carbons (Fsp3) is 0.300. The number of benzene rings is 1. The van der Waals surface area contributed by atoms with Gasteiger partial charge in [0.25, 0.3) is 5.91 Å². The molecule has 0 saturated carbocycles. The van der Waals surface area contributed by atoms with E-state index in [-0.39, 0.29) is 5.69 Å². The van der Waals surface area contributed by atoms with Gasteiger partial charge in [-0.25, -0.2) is 0 Å². The molecule has 4 N–H and O–H groups in total. The molecule has 3 rings (SSSR count). The predicted molar refractivity (Wildman–Crippen MR) is 106 cm³/mol. The smallest absolute Gasteiger partial charge is 0.271 e. The van der Waals surface area contributed by atoms with Gasteiger partial charge in [-0.15, -0.1) is 0 Å². The molecule has 1 atom stereocenters. The molecule has 0 spiro atoms. The number of ether oxygens (including phenoxy) is 1. The Hall–Kier alpha value is -3.46. The van der Waals surface area contributed by atoms with E-state index in [1.807, 2.05) is 19.1 Å². The van der Waals surface area contributed by atoms with E-state index in [1.54, 1.807) is 31.4 Å². The summed E-state index contributed by atoms with van der Waals surface area (Å²) in [4.78, 5) is 28.6. The number of carbonyl (C=O) groups excluding carboxylic acids is 2. The Bertz CT molecular complexity index is 1060. The zero-order valence-electron chi connectivity index (χ0n) is 16.5. The molecule has 9 nitrogen and oxygen atoms in total. The van der Waals surface area contributed by atoms with Gasteiger partial charge >= 0.3 is 0 Å². The molecule has 3 aromatic rings. The molecule has 0 saturated heterocycles. The Kier molecular flexibility index (Phi) is 5.51. The summed E-state index contributed by atoms with van der Waals surface area (Å²) in [7, 11) is 1.62. The Labute approximate surface area is 167 Å². The van der Waals surface area contributed by atoms with Gasteiger partial charge in [-0.1, -0.05) is 6.07 Å². The van der Waals surface area contributed by atoms with E-state index in [1.165, 1.54) is 11.6 Å². The Morgan fingerprint density at radius 3 is 2.69 bits per heavy atom. The molecular formula is C20H23N5O4. The van der Waals surface area contributed by atoms with Crippen LogP contribution in [0.3, 0.4) is 0 Å². The summed E-state index contributed by atoms with van der Waals surface area (Å²) in [5, 5.41) is 16.8. The van der Waals surface area contributed by atoms with Crippen LogP contribution in [-0.4, -0.2) is 43.8 Å². The number of aryl methyl sites for hydroxylation is 2. The van der Waals surface area contributed by atoms with Crippen molar-refractivity contribution in [2.75, 3.05) is 6.61 Å². The quantitative estimate of drug-likeness (QED) is 0.541. The molecule has 0 aliphatic carbocycles. The van der Waals surface area contributed by atoms with Crippen molar-refractivity contribution in [3.05, 3.63) is 53.5 Å². The number of aliphatic hydroxyl groups is 1. The number of primary amides is 1. The monoisotopic (exact) mass is 397 g/mol. The molecule has 0 radical (unpaired) electrons. The number of hydrogen-bond acceptors (Lipinski definition) is 6. The number of fused-ring (bicyclic) bond motifs is 1. The molecule has 0 aliphatic heterocycles. The summed E-state index contributed by atoms with van der Waals surface area (Å²) in [6, 6.07) is 9.05. The standard InChI is InChI=1S/C20H23N5O4/c1-12-4-5-13(9-22-12)10-29-14-6-7-16-15(8-14)17(25(3)24-16)18(27)23-20(2,11-26)19(21)28/h4-9,26H,10-11H2,1-3H3,(H2,21,28)(H,23,27). The first-order valence-electron chi connectivity index (χ1n) is 8.98. The Morgan fingerprint density at radius 1 is 1.31 bits per heavy atom. The van der Waals surface area contributed by atoms with Gasteiger partial charge in [0.1, 0.15) is 23.6 Å². The van der Waals surface area contributed by atoms with Crippen molar-refractivity contribution in [1.82, 2.24) is 20.1 Å². The van der Waals surface area contributed by atoms with E-state index in [4.69, 9.17) is 10.5 Å². The zero-order valence-corrected chi connectivity index (χ0v) is 16.5. The van der Waals surface area contributed by atoms with Crippen molar-refractivity contribution in [3.63, 3.8) is 0 Å². The van der Waals surface area contributed by atoms with Crippen molar-refractivity contribution in [2.45, 2.75) is 26.0 Å². The van der Waals surface area contributed by atoms with E-state index in [0.29, 0.717) is 23.3 Å². The molecule has 0 fully saturated rings. The zero-order chi connectivity index (χ0) is 21.2. The second kappa shape index (κ2) is 7.88. The maximum absolute atomic E-state index is 12.8. The van der Waals surface area contributed by atoms with Crippen molar-refractivity contribution < 1.29 is 19.4 Å². The number of nitrogens with two attached hydrogens (primary N) is 1. The van der Waals surface area contributed by atoms with Gasteiger partial charge in [0.2, 0.25) is 5.91 Å². The summed E-state index contributed by atoms with van der Waals surface area (Å²) in [6.45, 7) is 2.97. The van der Waals surface area contributed by atoms with Crippen molar-refractivity contribution in [3.8, 4) is 5.75 Å². The number of rotatable bonds is 7. The van der Waals surface area contributed by atoms with Crippen LogP contribution >= 0.6 is 0 Å². The third-order valence-electron chi connectivity index (χ3n) is 4.65. The molecule has 0 bridgehead atoms. The van der Waals surface area contributed by atoms with Gasteiger partial charge in [0.15, 0.2) is 0 Å². The third kappa shape index (κ3) is 4.19. The van der Waals surface area contributed by atoms with Crippen molar-refractivity contribution in [1.29, 1.82) is 0 Å². The largest absolute Gasteiger partial charge is 0.489 e. The lowest BCUT2D eigenvalue weighted by Gasteiger charge is -2.24. The average Bonchev–Trinajstić information content (AvgIpc) is 3.02. The summed E-state index contributed by atoms with van der Waals surface area (Å²) in [6.07, 6.45) is 1.75. The van der Waals surface area contributed by atoms with Crippen LogP contribution in [0.15, 0.2) is 36.5 Å². The number of aliphatic hydroxyl groups excluding tert-OH is 1. The molecule has 2 aromatic heterocycles. The van der Waals surface area contributed by atoms with E-state index >= 15 is 0 Å². The summed E-state index contributed by atoms with van der Waals surface area (Å²) < 4.78 is 7.23. The topological polar surface area (TPSA) is 132 Å². The lowest BCUT2D eigenvalue weighted by molar-refractivity contribution is -0.124. The number of aromatic nitrogens is 3. The van der Waals surface area contributed by atoms with E-state index in [9.17, 15) is 14.7 Å². The van der Waals surface area contributed by atoms with Gasteiger partial charge in [-0.2, -0.15) is 5.10 Å². The second-order valence-electron chi connectivity index (χ2n) is 7.06. The highest BCUT2D eigenvalue weighted by Gasteiger charge is 2.33. The maximum atomic E-state index is 12.8. The highest BCUT2D eigenvalue weighted by molar-refractivity contribution is 6.07. The lowest BCUT2D eigenvalue weighted by Crippen LogP contribution is -2.58. The maximum Gasteiger partial charge on any atom is 0.271 e. The van der Waals surface area contributed by atoms with Gasteiger partial charge in [-0.3, -0.25) is 19.3 Å². The highest BCUT2D eigenvalue weighted by Crippen LogP contribution is 2.24. The summed E-state index contributed by atoms with van der Waals surface area (Å²) in [5.74, 6) is -0.860. The average molecular weight is 397 g/mol. The van der Waals surface area contributed by atoms with E-state index < -0.39 is 24.0 Å². The molecule has 29 heavy (non-hydrogen) atoms. The number of carbonyl (C=O) groups is 2. The summed E-state index contributed by atoms with van der Waals surface area (Å²) in [5.41, 5.74) is 6.37. The van der Waals surface area contributed by atoms with Crippen LogP contribution < -0.4 is 15.8 Å². The fourth-order valence-corrected chi connectivity index (χ4v) is 2.78. The van der Waals surface area contributed by atoms with Crippen LogP contribution in [-0.2, 0) is 18.4 Å². The number of amides is 2. The first-order valence-corrected chi connectivity index (χ1v) is 8.98. The molecule has 1 aromatic carbocycles. The second-order valence-corrected chi connectivity index (χ2v) is 7.06. The fourth-order valence-electron chi connectivity index (χ4n) is 2.78. The number of nitrogens with one attached hydrogen (secondary N) is 1. The molecule has 0 aliphatic rings. The van der Waals surface area contributed by atoms with Crippen LogP contribution in [0.4, 0.5) is 0 Å². The minimum absolute atomic E-state index is 0.225. The van der Waals surface area contributed by atoms with Gasteiger partial charge in [-0.05, 0) is 38.1 Å². The highest BCUT2D eigenvalue weighted by atomic mass is 16.5. The molecule has 152 valence electrons. The SMILES string of the molecule is Cc1ccc(COc2ccc3nn(C)c(C(=O)NC(C)(CO)C(N)=O)c3c2)cn1. The van der Waals surface area contributed by atoms with Crippen LogP contribution in [0.2, 0.25) is 0 Å². The summed E-state index contributed by atoms with van der Waals surface area (Å²) >= 11 is 0. The normalized spacial score (nSPS) is 13.1. The van der Waals surface area contributed by atoms with Crippen LogP contribution in [0.5, 0.6) is 5.75 Å². The van der Waals surface area contributed by atoms with Gasteiger partial charge < -0.3 is 20.9 Å². The first-order chi connectivity index (χ1) is 13.7. The minimum Gasteiger partial charge on any atom is -0.489 e. The van der Waals surface area contributed by atoms with Crippen LogP contribution in [0.25, 0.3) is 10.9 Å². The van der Waals surface area contributed by atoms with Crippen LogP contribution in [0.1, 0.15) is 28.7 Å². The minimum atomic E-state index is -1.58. The molecule has 9 heteroatoms. The first kappa shape index (κ1) is 20.3. The molecule has 2 amide bonds. The Morgan fingerprint density at radius 2 is 2.07 bits per heavy atom. The molecular weight excluding hydrogens is 374 g/mol. The van der Waals surface area contributed by atoms with Gasteiger partial charge in [0.05, 0.1) is 12.1 Å². The number of hydrogen-bond donors (Lipinski definition) is 3. The van der Waals surface area contributed by atoms with Crippen molar-refractivity contribution in [2.24, 2.45) is 12.8 Å². The third-order valence-corrected chi connectivity index (χ3v) is 4.65. The van der Waals surface area contributed by atoms with E-state index in [2.05, 4.69) is 15.4 Å². The molecule has 2 heterocycles.